The van der Waals surface area contributed by atoms with Gasteiger partial charge in [0.15, 0.2) is 5.78 Å². The molecular formula is C18H15BrO2. The van der Waals surface area contributed by atoms with E-state index < -0.39 is 0 Å². The number of hydrogen-bond donors (Lipinski definition) is 0. The van der Waals surface area contributed by atoms with Gasteiger partial charge in [0.1, 0.15) is 12.4 Å². The number of rotatable bonds is 6. The van der Waals surface area contributed by atoms with Gasteiger partial charge in [-0.25, -0.2) is 0 Å². The predicted octanol–water partition coefficient (Wildman–Crippen LogP) is 4.91. The van der Waals surface area contributed by atoms with Gasteiger partial charge in [0.2, 0.25) is 0 Å². The molecule has 0 heterocycles. The second-order valence-electron chi connectivity index (χ2n) is 4.38. The lowest BCUT2D eigenvalue weighted by Crippen LogP contribution is -1.94. The van der Waals surface area contributed by atoms with Gasteiger partial charge in [0.25, 0.3) is 0 Å². The molecule has 2 nitrogen and oxygen atoms in total. The second kappa shape index (κ2) is 7.60. The van der Waals surface area contributed by atoms with Crippen molar-refractivity contribution in [3.8, 4) is 5.75 Å². The van der Waals surface area contributed by atoms with Crippen LogP contribution in [-0.2, 0) is 0 Å². The quantitative estimate of drug-likeness (QED) is 0.423. The van der Waals surface area contributed by atoms with Crippen LogP contribution < -0.4 is 4.74 Å². The lowest BCUT2D eigenvalue weighted by atomic mass is 10.1. The van der Waals surface area contributed by atoms with Gasteiger partial charge in [-0.15, -0.1) is 0 Å². The molecule has 21 heavy (non-hydrogen) atoms. The molecule has 0 unspecified atom stereocenters. The third kappa shape index (κ3) is 4.72. The minimum absolute atomic E-state index is 0.0336. The highest BCUT2D eigenvalue weighted by atomic mass is 79.9. The number of ketones is 1. The fourth-order valence-electron chi connectivity index (χ4n) is 1.77. The minimum Gasteiger partial charge on any atom is -0.490 e. The van der Waals surface area contributed by atoms with Gasteiger partial charge in [0, 0.05) is 10.0 Å². The third-order valence-corrected chi connectivity index (χ3v) is 3.26. The molecule has 0 amide bonds. The molecule has 0 bridgehead atoms. The Morgan fingerprint density at radius 2 is 2.00 bits per heavy atom. The Morgan fingerprint density at radius 1 is 1.19 bits per heavy atom. The van der Waals surface area contributed by atoms with Crippen LogP contribution in [0.2, 0.25) is 0 Å². The molecule has 0 radical (unpaired) electrons. The van der Waals surface area contributed by atoms with Crippen LogP contribution in [0.5, 0.6) is 5.75 Å². The molecule has 0 N–H and O–H groups in total. The Balaban J connectivity index is 2.10. The van der Waals surface area contributed by atoms with Gasteiger partial charge in [-0.3, -0.25) is 4.79 Å². The van der Waals surface area contributed by atoms with Crippen molar-refractivity contribution in [3.63, 3.8) is 0 Å². The lowest BCUT2D eigenvalue weighted by Gasteiger charge is -2.03. The Bertz CT molecular complexity index is 674. The highest BCUT2D eigenvalue weighted by Gasteiger charge is 2.02. The van der Waals surface area contributed by atoms with Crippen LogP contribution in [0.15, 0.2) is 71.7 Å². The summed E-state index contributed by atoms with van der Waals surface area (Å²) in [7, 11) is 0. The van der Waals surface area contributed by atoms with Crippen molar-refractivity contribution < 1.29 is 9.53 Å². The van der Waals surface area contributed by atoms with Gasteiger partial charge >= 0.3 is 0 Å². The van der Waals surface area contributed by atoms with Crippen LogP contribution in [0.25, 0.3) is 6.08 Å². The zero-order chi connectivity index (χ0) is 15.1. The van der Waals surface area contributed by atoms with Crippen molar-refractivity contribution in [1.29, 1.82) is 0 Å². The first-order valence-corrected chi connectivity index (χ1v) is 7.30. The smallest absolute Gasteiger partial charge is 0.185 e. The summed E-state index contributed by atoms with van der Waals surface area (Å²) in [5.41, 5.74) is 1.57. The summed E-state index contributed by atoms with van der Waals surface area (Å²) in [5, 5.41) is 0. The van der Waals surface area contributed by atoms with E-state index in [1.165, 1.54) is 0 Å². The van der Waals surface area contributed by atoms with E-state index >= 15 is 0 Å². The number of allylic oxidation sites excluding steroid dienone is 1. The first-order valence-electron chi connectivity index (χ1n) is 6.51. The molecule has 3 heteroatoms. The normalized spacial score (nSPS) is 10.5. The standard InChI is InChI=1S/C18H15BrO2/c1-2-11-21-17-8-3-5-14(12-17)9-10-18(20)15-6-4-7-16(19)13-15/h2-10,12-13H,1,11H2/b10-9+. The van der Waals surface area contributed by atoms with E-state index in [0.29, 0.717) is 12.2 Å². The highest BCUT2D eigenvalue weighted by molar-refractivity contribution is 9.10. The average molecular weight is 343 g/mol. The maximum absolute atomic E-state index is 12.1. The van der Waals surface area contributed by atoms with E-state index in [-0.39, 0.29) is 5.78 Å². The van der Waals surface area contributed by atoms with Gasteiger partial charge in [-0.05, 0) is 35.9 Å². The maximum atomic E-state index is 12.1. The Morgan fingerprint density at radius 3 is 2.76 bits per heavy atom. The summed E-state index contributed by atoms with van der Waals surface area (Å²) < 4.78 is 6.35. The molecule has 0 atom stereocenters. The summed E-state index contributed by atoms with van der Waals surface area (Å²) in [4.78, 5) is 12.1. The number of ether oxygens (including phenoxy) is 1. The molecule has 0 saturated heterocycles. The van der Waals surface area contributed by atoms with Crippen LogP contribution in [-0.4, -0.2) is 12.4 Å². The van der Waals surface area contributed by atoms with Crippen LogP contribution in [0.1, 0.15) is 15.9 Å². The van der Waals surface area contributed by atoms with Gasteiger partial charge in [0.05, 0.1) is 0 Å². The average Bonchev–Trinajstić information content (AvgIpc) is 2.51. The second-order valence-corrected chi connectivity index (χ2v) is 5.30. The fraction of sp³-hybridized carbons (Fsp3) is 0.0556. The fourth-order valence-corrected chi connectivity index (χ4v) is 2.17. The number of hydrogen-bond acceptors (Lipinski definition) is 2. The summed E-state index contributed by atoms with van der Waals surface area (Å²) in [5.74, 6) is 0.723. The number of benzene rings is 2. The van der Waals surface area contributed by atoms with E-state index in [1.54, 1.807) is 30.4 Å². The van der Waals surface area contributed by atoms with E-state index in [0.717, 1.165) is 15.8 Å². The van der Waals surface area contributed by atoms with Crippen molar-refractivity contribution in [2.45, 2.75) is 0 Å². The van der Waals surface area contributed by atoms with Crippen molar-refractivity contribution in [3.05, 3.63) is 82.9 Å². The predicted molar refractivity (Wildman–Crippen MR) is 89.6 cm³/mol. The molecular weight excluding hydrogens is 328 g/mol. The Hall–Kier alpha value is -2.13. The third-order valence-electron chi connectivity index (χ3n) is 2.76. The molecule has 2 aromatic carbocycles. The van der Waals surface area contributed by atoms with Crippen LogP contribution >= 0.6 is 15.9 Å². The summed E-state index contributed by atoms with van der Waals surface area (Å²) in [6.07, 6.45) is 5.04. The molecule has 0 aliphatic rings. The van der Waals surface area contributed by atoms with Gasteiger partial charge in [-0.1, -0.05) is 58.9 Å². The SMILES string of the molecule is C=CCOc1cccc(/C=C/C(=O)c2cccc(Br)c2)c1. The summed E-state index contributed by atoms with van der Waals surface area (Å²) in [6.45, 7) is 4.07. The van der Waals surface area contributed by atoms with E-state index in [9.17, 15) is 4.79 Å². The topological polar surface area (TPSA) is 26.3 Å². The molecule has 0 saturated carbocycles. The largest absolute Gasteiger partial charge is 0.490 e. The Kier molecular flexibility index (Phi) is 5.52. The van der Waals surface area contributed by atoms with Crippen molar-refractivity contribution in [1.82, 2.24) is 0 Å². The Labute approximate surface area is 132 Å². The van der Waals surface area contributed by atoms with Crippen molar-refractivity contribution >= 4 is 27.8 Å². The zero-order valence-electron chi connectivity index (χ0n) is 11.5. The molecule has 0 spiro atoms. The maximum Gasteiger partial charge on any atom is 0.185 e. The summed E-state index contributed by atoms with van der Waals surface area (Å²) in [6, 6.07) is 14.9. The molecule has 106 valence electrons. The number of halogens is 1. The lowest BCUT2D eigenvalue weighted by molar-refractivity contribution is 0.104. The monoisotopic (exact) mass is 342 g/mol. The van der Waals surface area contributed by atoms with Crippen molar-refractivity contribution in [2.75, 3.05) is 6.61 Å². The van der Waals surface area contributed by atoms with E-state index in [2.05, 4.69) is 22.5 Å². The zero-order valence-corrected chi connectivity index (χ0v) is 13.0. The molecule has 2 rings (SSSR count). The molecule has 0 fully saturated rings. The van der Waals surface area contributed by atoms with E-state index in [4.69, 9.17) is 4.74 Å². The molecule has 0 aliphatic carbocycles. The first-order chi connectivity index (χ1) is 10.2. The highest BCUT2D eigenvalue weighted by Crippen LogP contribution is 2.16. The first kappa shape index (κ1) is 15.3. The number of carbonyl (C=O) groups excluding carboxylic acids is 1. The summed E-state index contributed by atoms with van der Waals surface area (Å²) >= 11 is 3.36. The van der Waals surface area contributed by atoms with Crippen LogP contribution in [0.4, 0.5) is 0 Å². The minimum atomic E-state index is -0.0336. The van der Waals surface area contributed by atoms with Crippen LogP contribution in [0, 0.1) is 0 Å². The van der Waals surface area contributed by atoms with Gasteiger partial charge < -0.3 is 4.74 Å². The molecule has 0 aliphatic heterocycles. The van der Waals surface area contributed by atoms with E-state index in [1.807, 2.05) is 36.4 Å². The number of carbonyl (C=O) groups is 1. The van der Waals surface area contributed by atoms with Gasteiger partial charge in [-0.2, -0.15) is 0 Å². The molecule has 0 aromatic heterocycles. The van der Waals surface area contributed by atoms with Crippen molar-refractivity contribution in [2.24, 2.45) is 0 Å². The molecule has 2 aromatic rings. The van der Waals surface area contributed by atoms with Crippen LogP contribution in [0.3, 0.4) is 0 Å².